The van der Waals surface area contributed by atoms with Gasteiger partial charge in [0.25, 0.3) is 0 Å². The number of hydrogen-bond acceptors (Lipinski definition) is 0. The van der Waals surface area contributed by atoms with Crippen LogP contribution in [-0.2, 0) is 0 Å². The van der Waals surface area contributed by atoms with Crippen molar-refractivity contribution in [2.24, 2.45) is 0 Å². The van der Waals surface area contributed by atoms with Crippen molar-refractivity contribution in [3.63, 3.8) is 0 Å². The largest absolute Gasteiger partial charge is 0.103 e. The molecular weight excluding hydrogens is 108 g/mol. The Hall–Kier alpha value is -0.390. The van der Waals surface area contributed by atoms with Crippen molar-refractivity contribution in [1.29, 1.82) is 0 Å². The molecule has 0 aliphatic heterocycles. The lowest BCUT2D eigenvalue weighted by Crippen LogP contribution is -1.74. The van der Waals surface area contributed by atoms with E-state index in [2.05, 4.69) is 13.5 Å². The van der Waals surface area contributed by atoms with Gasteiger partial charge >= 0.3 is 0 Å². The minimum absolute atomic E-state index is 1.09. The van der Waals surface area contributed by atoms with Gasteiger partial charge in [-0.2, -0.15) is 0 Å². The van der Waals surface area contributed by atoms with Gasteiger partial charge in [-0.05, 0) is 25.7 Å². The van der Waals surface area contributed by atoms with Gasteiger partial charge in [0.05, 0.1) is 13.3 Å². The first-order valence-corrected chi connectivity index (χ1v) is 3.82. The summed E-state index contributed by atoms with van der Waals surface area (Å²) in [5.74, 6) is 0. The summed E-state index contributed by atoms with van der Waals surface area (Å²) in [5.41, 5.74) is 0. The maximum atomic E-state index is 3.78. The van der Waals surface area contributed by atoms with Crippen LogP contribution in [0.25, 0.3) is 0 Å². The Morgan fingerprint density at radius 3 is 2.33 bits per heavy atom. The van der Waals surface area contributed by atoms with Crippen LogP contribution < -0.4 is 0 Å². The standard InChI is InChI=1S/C9H17/c1-3-5-7-9-8-6-4-2/h3H,1-2,4-9H2/q+1. The van der Waals surface area contributed by atoms with E-state index in [-0.39, 0.29) is 0 Å². The molecule has 0 heteroatoms. The van der Waals surface area contributed by atoms with Crippen molar-refractivity contribution in [1.82, 2.24) is 0 Å². The lowest BCUT2D eigenvalue weighted by atomic mass is 10.1. The van der Waals surface area contributed by atoms with Crippen molar-refractivity contribution >= 4 is 0 Å². The second kappa shape index (κ2) is 7.61. The van der Waals surface area contributed by atoms with Crippen LogP contribution in [0.5, 0.6) is 0 Å². The molecule has 0 heterocycles. The van der Waals surface area contributed by atoms with Crippen LogP contribution in [-0.4, -0.2) is 0 Å². The van der Waals surface area contributed by atoms with Gasteiger partial charge in [0.2, 0.25) is 0 Å². The molecular formula is C9H17+. The number of unbranched alkanes of at least 4 members (excludes halogenated alkanes) is 5. The number of hydrogen-bond donors (Lipinski definition) is 0. The Balaban J connectivity index is 2.66. The molecule has 0 bridgehead atoms. The molecule has 0 saturated carbocycles. The number of rotatable bonds is 6. The van der Waals surface area contributed by atoms with Crippen molar-refractivity contribution < 1.29 is 0 Å². The first kappa shape index (κ1) is 8.61. The normalized spacial score (nSPS) is 9.33. The van der Waals surface area contributed by atoms with Crippen LogP contribution >= 0.6 is 0 Å². The van der Waals surface area contributed by atoms with E-state index in [4.69, 9.17) is 0 Å². The van der Waals surface area contributed by atoms with Gasteiger partial charge in [-0.25, -0.2) is 0 Å². The average molecular weight is 125 g/mol. The molecule has 0 amide bonds. The summed E-state index contributed by atoms with van der Waals surface area (Å²) in [6, 6.07) is 0. The summed E-state index contributed by atoms with van der Waals surface area (Å²) in [6.07, 6.45) is 9.55. The van der Waals surface area contributed by atoms with Crippen LogP contribution in [0.3, 0.4) is 0 Å². The summed E-state index contributed by atoms with van der Waals surface area (Å²) < 4.78 is 0. The van der Waals surface area contributed by atoms with Crippen molar-refractivity contribution in [3.8, 4) is 0 Å². The fourth-order valence-corrected chi connectivity index (χ4v) is 0.819. The number of allylic oxidation sites excluding steroid dienone is 1. The third-order valence-corrected chi connectivity index (χ3v) is 1.41. The van der Waals surface area contributed by atoms with Gasteiger partial charge in [-0.15, -0.1) is 6.58 Å². The quantitative estimate of drug-likeness (QED) is 0.290. The van der Waals surface area contributed by atoms with E-state index in [1.807, 2.05) is 6.08 Å². The SMILES string of the molecule is C=CCCCCCC[CH2+]. The zero-order valence-corrected chi connectivity index (χ0v) is 6.23. The summed E-state index contributed by atoms with van der Waals surface area (Å²) in [5, 5.41) is 0. The zero-order valence-electron chi connectivity index (χ0n) is 6.23. The predicted molar refractivity (Wildman–Crippen MR) is 43.3 cm³/mol. The van der Waals surface area contributed by atoms with Gasteiger partial charge in [0.1, 0.15) is 0 Å². The van der Waals surface area contributed by atoms with Crippen molar-refractivity contribution in [2.75, 3.05) is 0 Å². The van der Waals surface area contributed by atoms with Crippen molar-refractivity contribution in [3.05, 3.63) is 19.6 Å². The molecule has 52 valence electrons. The molecule has 0 N–H and O–H groups in total. The van der Waals surface area contributed by atoms with Crippen LogP contribution in [0.2, 0.25) is 0 Å². The van der Waals surface area contributed by atoms with E-state index in [1.165, 1.54) is 32.1 Å². The van der Waals surface area contributed by atoms with Gasteiger partial charge in [0, 0.05) is 0 Å². The Bertz CT molecular complexity index is 55.1. The molecule has 0 radical (unpaired) electrons. The molecule has 0 unspecified atom stereocenters. The highest BCUT2D eigenvalue weighted by Crippen LogP contribution is 2.04. The summed E-state index contributed by atoms with van der Waals surface area (Å²) in [4.78, 5) is 0. The molecule has 0 nitrogen and oxygen atoms in total. The smallest absolute Gasteiger partial charge is 0.0850 e. The van der Waals surface area contributed by atoms with E-state index in [1.54, 1.807) is 0 Å². The molecule has 0 fully saturated rings. The lowest BCUT2D eigenvalue weighted by Gasteiger charge is -1.92. The molecule has 0 aliphatic carbocycles. The third-order valence-electron chi connectivity index (χ3n) is 1.41. The zero-order chi connectivity index (χ0) is 6.95. The maximum absolute atomic E-state index is 3.78. The van der Waals surface area contributed by atoms with Crippen LogP contribution in [0.1, 0.15) is 38.5 Å². The molecule has 0 rings (SSSR count). The first-order valence-electron chi connectivity index (χ1n) is 3.82. The average Bonchev–Trinajstić information content (AvgIpc) is 1.89. The maximum Gasteiger partial charge on any atom is 0.0850 e. The summed E-state index contributed by atoms with van der Waals surface area (Å²) >= 11 is 0. The monoisotopic (exact) mass is 125 g/mol. The van der Waals surface area contributed by atoms with Gasteiger partial charge in [0.15, 0.2) is 0 Å². The fraction of sp³-hybridized carbons (Fsp3) is 0.667. The van der Waals surface area contributed by atoms with Crippen LogP contribution in [0, 0.1) is 6.92 Å². The minimum Gasteiger partial charge on any atom is -0.103 e. The van der Waals surface area contributed by atoms with E-state index < -0.39 is 0 Å². The lowest BCUT2D eigenvalue weighted by molar-refractivity contribution is 0.652. The van der Waals surface area contributed by atoms with E-state index >= 15 is 0 Å². The highest BCUT2D eigenvalue weighted by atomic mass is 13.9. The van der Waals surface area contributed by atoms with E-state index in [9.17, 15) is 0 Å². The van der Waals surface area contributed by atoms with Gasteiger partial charge in [-0.1, -0.05) is 12.5 Å². The molecule has 0 aromatic rings. The Kier molecular flexibility index (Phi) is 7.28. The van der Waals surface area contributed by atoms with Gasteiger partial charge < -0.3 is 0 Å². The third kappa shape index (κ3) is 7.61. The molecule has 0 aromatic heterocycles. The minimum atomic E-state index is 1.09. The second-order valence-corrected chi connectivity index (χ2v) is 2.35. The molecule has 0 atom stereocenters. The molecule has 0 aromatic carbocycles. The fourth-order valence-electron chi connectivity index (χ4n) is 0.819. The Morgan fingerprint density at radius 2 is 1.78 bits per heavy atom. The molecule has 9 heavy (non-hydrogen) atoms. The topological polar surface area (TPSA) is 0 Å². The van der Waals surface area contributed by atoms with Gasteiger partial charge in [-0.3, -0.25) is 0 Å². The summed E-state index contributed by atoms with van der Waals surface area (Å²) in [6.45, 7) is 7.45. The second-order valence-electron chi connectivity index (χ2n) is 2.35. The molecule has 0 aliphatic rings. The summed E-state index contributed by atoms with van der Waals surface area (Å²) in [7, 11) is 0. The van der Waals surface area contributed by atoms with E-state index in [0.717, 1.165) is 6.42 Å². The van der Waals surface area contributed by atoms with E-state index in [0.29, 0.717) is 0 Å². The highest BCUT2D eigenvalue weighted by Gasteiger charge is 1.87. The van der Waals surface area contributed by atoms with Crippen molar-refractivity contribution in [2.45, 2.75) is 38.5 Å². The van der Waals surface area contributed by atoms with Crippen LogP contribution in [0.4, 0.5) is 0 Å². The highest BCUT2D eigenvalue weighted by molar-refractivity contribution is 4.65. The first-order chi connectivity index (χ1) is 4.41. The molecule has 0 spiro atoms. The molecule has 0 saturated heterocycles. The predicted octanol–water partition coefficient (Wildman–Crippen LogP) is 3.35. The van der Waals surface area contributed by atoms with Crippen LogP contribution in [0.15, 0.2) is 12.7 Å². The Labute approximate surface area is 59.0 Å². The Morgan fingerprint density at radius 1 is 1.11 bits per heavy atom.